The van der Waals surface area contributed by atoms with Gasteiger partial charge in [0.2, 0.25) is 5.88 Å². The predicted molar refractivity (Wildman–Crippen MR) is 119 cm³/mol. The Bertz CT molecular complexity index is 1270. The molecule has 0 unspecified atom stereocenters. The molecule has 0 saturated heterocycles. The van der Waals surface area contributed by atoms with Gasteiger partial charge in [0, 0.05) is 17.0 Å². The number of rotatable bonds is 8. The van der Waals surface area contributed by atoms with Gasteiger partial charge in [0.25, 0.3) is 5.91 Å². The fourth-order valence-electron chi connectivity index (χ4n) is 3.12. The highest BCUT2D eigenvalue weighted by molar-refractivity contribution is 5.97. The smallest absolute Gasteiger partial charge is 0.349 e. The molecule has 1 N–H and O–H groups in total. The molecule has 0 aliphatic heterocycles. The van der Waals surface area contributed by atoms with E-state index in [4.69, 9.17) is 13.9 Å². The van der Waals surface area contributed by atoms with Crippen LogP contribution in [0.3, 0.4) is 0 Å². The summed E-state index contributed by atoms with van der Waals surface area (Å²) in [5.41, 5.74) is 1.20. The Labute approximate surface area is 183 Å². The first-order valence-corrected chi connectivity index (χ1v) is 10.2. The van der Waals surface area contributed by atoms with Crippen LogP contribution < -0.4 is 20.4 Å². The largest absolute Gasteiger partial charge is 0.490 e. The molecular formula is C24H21N3O5. The van der Waals surface area contributed by atoms with Crippen molar-refractivity contribution >= 4 is 16.9 Å². The van der Waals surface area contributed by atoms with E-state index in [1.54, 1.807) is 24.3 Å². The summed E-state index contributed by atoms with van der Waals surface area (Å²) < 4.78 is 16.3. The summed E-state index contributed by atoms with van der Waals surface area (Å²) in [5.74, 6) is 0.256. The predicted octanol–water partition coefficient (Wildman–Crippen LogP) is 3.46. The molecule has 0 fully saturated rings. The number of nitrogens with one attached hydrogen (secondary N) is 1. The van der Waals surface area contributed by atoms with Gasteiger partial charge in [-0.15, -0.1) is 10.2 Å². The number of fused-ring (bicyclic) bond motifs is 1. The summed E-state index contributed by atoms with van der Waals surface area (Å²) in [6.07, 6.45) is 0. The Morgan fingerprint density at radius 2 is 1.84 bits per heavy atom. The van der Waals surface area contributed by atoms with Crippen LogP contribution in [0.25, 0.3) is 22.2 Å². The number of para-hydroxylation sites is 1. The average Bonchev–Trinajstić information content (AvgIpc) is 2.83. The minimum absolute atomic E-state index is 0.0850. The van der Waals surface area contributed by atoms with Crippen LogP contribution in [-0.2, 0) is 0 Å². The maximum Gasteiger partial charge on any atom is 0.349 e. The summed E-state index contributed by atoms with van der Waals surface area (Å²) in [7, 11) is 0. The van der Waals surface area contributed by atoms with Gasteiger partial charge < -0.3 is 19.2 Å². The third-order valence-electron chi connectivity index (χ3n) is 4.62. The standard InChI is InChI=1S/C24H21N3O5/c1-2-30-20-10-6-9-17-15-18(24(29)32-22(17)20)23(28)25-13-14-31-21-12-11-19(26-27-21)16-7-4-3-5-8-16/h3-12,15H,2,13-14H2,1H3,(H,25,28). The first kappa shape index (κ1) is 21.0. The molecule has 162 valence electrons. The number of benzene rings is 2. The Morgan fingerprint density at radius 1 is 1.00 bits per heavy atom. The molecule has 0 saturated carbocycles. The molecule has 8 heteroatoms. The molecule has 0 aliphatic carbocycles. The second kappa shape index (κ2) is 9.74. The lowest BCUT2D eigenvalue weighted by atomic mass is 10.1. The zero-order valence-electron chi connectivity index (χ0n) is 17.4. The maximum absolute atomic E-state index is 12.4. The zero-order chi connectivity index (χ0) is 22.3. The minimum Gasteiger partial charge on any atom is -0.490 e. The van der Waals surface area contributed by atoms with Crippen molar-refractivity contribution in [3.63, 3.8) is 0 Å². The van der Waals surface area contributed by atoms with Crippen molar-refractivity contribution in [1.82, 2.24) is 15.5 Å². The third-order valence-corrected chi connectivity index (χ3v) is 4.62. The Kier molecular flexibility index (Phi) is 6.41. The van der Waals surface area contributed by atoms with Gasteiger partial charge >= 0.3 is 5.63 Å². The summed E-state index contributed by atoms with van der Waals surface area (Å²) in [4.78, 5) is 24.7. The number of nitrogens with zero attached hydrogens (tertiary/aromatic N) is 2. The number of amides is 1. The van der Waals surface area contributed by atoms with Crippen LogP contribution in [0.15, 0.2) is 75.9 Å². The Hall–Kier alpha value is -4.20. The minimum atomic E-state index is -0.731. The van der Waals surface area contributed by atoms with E-state index in [9.17, 15) is 9.59 Å². The second-order valence-electron chi connectivity index (χ2n) is 6.78. The van der Waals surface area contributed by atoms with Crippen LogP contribution in [0.5, 0.6) is 11.6 Å². The summed E-state index contributed by atoms with van der Waals surface area (Å²) in [6.45, 7) is 2.62. The number of ether oxygens (including phenoxy) is 2. The molecule has 0 atom stereocenters. The van der Waals surface area contributed by atoms with Gasteiger partial charge in [-0.2, -0.15) is 0 Å². The van der Waals surface area contributed by atoms with E-state index in [-0.39, 0.29) is 18.7 Å². The first-order chi connectivity index (χ1) is 15.7. The van der Waals surface area contributed by atoms with E-state index < -0.39 is 11.5 Å². The Morgan fingerprint density at radius 3 is 2.59 bits per heavy atom. The van der Waals surface area contributed by atoms with Crippen molar-refractivity contribution in [3.05, 3.63) is 82.7 Å². The van der Waals surface area contributed by atoms with E-state index in [0.717, 1.165) is 11.3 Å². The first-order valence-electron chi connectivity index (χ1n) is 10.2. The highest BCUT2D eigenvalue weighted by atomic mass is 16.5. The third kappa shape index (κ3) is 4.75. The fourth-order valence-corrected chi connectivity index (χ4v) is 3.12. The van der Waals surface area contributed by atoms with Gasteiger partial charge in [-0.1, -0.05) is 42.5 Å². The summed E-state index contributed by atoms with van der Waals surface area (Å²) >= 11 is 0. The SMILES string of the molecule is CCOc1cccc2cc(C(=O)NCCOc3ccc(-c4ccccc4)nn3)c(=O)oc12. The lowest BCUT2D eigenvalue weighted by Crippen LogP contribution is -2.31. The van der Waals surface area contributed by atoms with E-state index in [1.807, 2.05) is 43.3 Å². The van der Waals surface area contributed by atoms with Crippen LogP contribution in [0.1, 0.15) is 17.3 Å². The van der Waals surface area contributed by atoms with Crippen molar-refractivity contribution in [2.24, 2.45) is 0 Å². The topological polar surface area (TPSA) is 104 Å². The number of hydrogen-bond acceptors (Lipinski definition) is 7. The van der Waals surface area contributed by atoms with Crippen LogP contribution in [0.4, 0.5) is 0 Å². The van der Waals surface area contributed by atoms with Crippen molar-refractivity contribution in [1.29, 1.82) is 0 Å². The molecule has 32 heavy (non-hydrogen) atoms. The van der Waals surface area contributed by atoms with E-state index in [0.29, 0.717) is 29.2 Å². The van der Waals surface area contributed by atoms with E-state index in [2.05, 4.69) is 15.5 Å². The highest BCUT2D eigenvalue weighted by Gasteiger charge is 2.15. The van der Waals surface area contributed by atoms with Gasteiger partial charge in [0.05, 0.1) is 18.8 Å². The molecule has 0 spiro atoms. The second-order valence-corrected chi connectivity index (χ2v) is 6.78. The molecule has 4 rings (SSSR count). The molecule has 8 nitrogen and oxygen atoms in total. The average molecular weight is 431 g/mol. The van der Waals surface area contributed by atoms with E-state index in [1.165, 1.54) is 6.07 Å². The normalized spacial score (nSPS) is 10.7. The quantitative estimate of drug-likeness (QED) is 0.337. The van der Waals surface area contributed by atoms with E-state index >= 15 is 0 Å². The number of carbonyl (C=O) groups is 1. The number of aromatic nitrogens is 2. The van der Waals surface area contributed by atoms with Crippen molar-refractivity contribution in [2.75, 3.05) is 19.8 Å². The molecular weight excluding hydrogens is 410 g/mol. The molecule has 4 aromatic rings. The van der Waals surface area contributed by atoms with Gasteiger partial charge in [0.15, 0.2) is 11.3 Å². The van der Waals surface area contributed by atoms with Gasteiger partial charge in [-0.25, -0.2) is 4.79 Å². The molecule has 0 aliphatic rings. The molecule has 2 aromatic heterocycles. The summed E-state index contributed by atoms with van der Waals surface area (Å²) in [5, 5.41) is 11.4. The van der Waals surface area contributed by atoms with Crippen molar-refractivity contribution in [3.8, 4) is 22.9 Å². The molecule has 1 amide bonds. The lowest BCUT2D eigenvalue weighted by Gasteiger charge is -2.08. The fraction of sp³-hybridized carbons (Fsp3) is 0.167. The maximum atomic E-state index is 12.4. The van der Waals surface area contributed by atoms with Crippen molar-refractivity contribution < 1.29 is 18.7 Å². The van der Waals surface area contributed by atoms with Crippen LogP contribution in [0.2, 0.25) is 0 Å². The van der Waals surface area contributed by atoms with Crippen LogP contribution in [0, 0.1) is 0 Å². The van der Waals surface area contributed by atoms with Crippen LogP contribution >= 0.6 is 0 Å². The Balaban J connectivity index is 1.34. The zero-order valence-corrected chi connectivity index (χ0v) is 17.4. The lowest BCUT2D eigenvalue weighted by molar-refractivity contribution is 0.0943. The van der Waals surface area contributed by atoms with Gasteiger partial charge in [0.1, 0.15) is 12.2 Å². The number of hydrogen-bond donors (Lipinski definition) is 1. The monoisotopic (exact) mass is 431 g/mol. The summed E-state index contributed by atoms with van der Waals surface area (Å²) in [6, 6.07) is 19.9. The number of carbonyl (C=O) groups excluding carboxylic acids is 1. The van der Waals surface area contributed by atoms with Crippen molar-refractivity contribution in [2.45, 2.75) is 6.92 Å². The molecule has 0 bridgehead atoms. The van der Waals surface area contributed by atoms with Crippen LogP contribution in [-0.4, -0.2) is 35.9 Å². The molecule has 2 aromatic carbocycles. The highest BCUT2D eigenvalue weighted by Crippen LogP contribution is 2.25. The van der Waals surface area contributed by atoms with Gasteiger partial charge in [-0.3, -0.25) is 4.79 Å². The molecule has 2 heterocycles. The molecule has 0 radical (unpaired) electrons. The van der Waals surface area contributed by atoms with Gasteiger partial charge in [-0.05, 0) is 25.1 Å².